The Morgan fingerprint density at radius 2 is 2.05 bits per heavy atom. The molecule has 2 aromatic rings. The zero-order chi connectivity index (χ0) is 15.0. The molecule has 0 spiro atoms. The highest BCUT2D eigenvalue weighted by Crippen LogP contribution is 2.24. The Balaban J connectivity index is 2.00. The lowest BCUT2D eigenvalue weighted by Gasteiger charge is -2.30. The molecule has 0 atom stereocenters. The Morgan fingerprint density at radius 1 is 1.33 bits per heavy atom. The number of nitrogens with zero attached hydrogens (tertiary/aromatic N) is 1. The van der Waals surface area contributed by atoms with Gasteiger partial charge in [0.2, 0.25) is 0 Å². The van der Waals surface area contributed by atoms with E-state index in [2.05, 4.69) is 9.88 Å². The van der Waals surface area contributed by atoms with E-state index in [0.29, 0.717) is 10.4 Å². The van der Waals surface area contributed by atoms with Gasteiger partial charge in [-0.2, -0.15) is 0 Å². The monoisotopic (exact) mass is 306 g/mol. The number of benzene rings is 1. The van der Waals surface area contributed by atoms with Crippen LogP contribution in [0, 0.1) is 6.92 Å². The summed E-state index contributed by atoms with van der Waals surface area (Å²) in [7, 11) is 0. The van der Waals surface area contributed by atoms with Crippen LogP contribution in [0.5, 0.6) is 0 Å². The van der Waals surface area contributed by atoms with E-state index in [0.717, 1.165) is 49.1 Å². The summed E-state index contributed by atoms with van der Waals surface area (Å²) < 4.78 is 0. The fourth-order valence-electron chi connectivity index (χ4n) is 2.99. The average molecular weight is 307 g/mol. The van der Waals surface area contributed by atoms with Gasteiger partial charge in [-0.1, -0.05) is 17.7 Å². The maximum absolute atomic E-state index is 12.1. The second-order valence-corrected chi connectivity index (χ2v) is 6.19. The summed E-state index contributed by atoms with van der Waals surface area (Å²) in [6, 6.07) is 5.47. The number of aryl methyl sites for hydroxylation is 1. The molecule has 0 unspecified atom stereocenters. The van der Waals surface area contributed by atoms with Crippen LogP contribution in [0.1, 0.15) is 24.1 Å². The van der Waals surface area contributed by atoms with Gasteiger partial charge in [0.05, 0.1) is 6.10 Å². The average Bonchev–Trinajstić information content (AvgIpc) is 2.46. The van der Waals surface area contributed by atoms with E-state index < -0.39 is 0 Å². The molecular formula is C16H19ClN2O2. The zero-order valence-corrected chi connectivity index (χ0v) is 12.8. The van der Waals surface area contributed by atoms with Crippen molar-refractivity contribution in [3.8, 4) is 0 Å². The molecule has 1 saturated heterocycles. The molecule has 0 amide bonds. The van der Waals surface area contributed by atoms with Crippen LogP contribution in [0.2, 0.25) is 5.02 Å². The number of H-pyrrole nitrogens is 1. The van der Waals surface area contributed by atoms with Gasteiger partial charge in [0, 0.05) is 35.7 Å². The van der Waals surface area contributed by atoms with Gasteiger partial charge in [-0.15, -0.1) is 0 Å². The Labute approximate surface area is 128 Å². The molecule has 2 heterocycles. The lowest BCUT2D eigenvalue weighted by Crippen LogP contribution is -2.35. The van der Waals surface area contributed by atoms with Gasteiger partial charge in [0.25, 0.3) is 5.56 Å². The maximum Gasteiger partial charge on any atom is 0.256 e. The van der Waals surface area contributed by atoms with Crippen molar-refractivity contribution in [1.29, 1.82) is 0 Å². The highest BCUT2D eigenvalue weighted by molar-refractivity contribution is 6.31. The van der Waals surface area contributed by atoms with Gasteiger partial charge in [0.15, 0.2) is 0 Å². The van der Waals surface area contributed by atoms with E-state index in [1.54, 1.807) is 6.07 Å². The minimum atomic E-state index is -0.173. The number of hydrogen-bond acceptors (Lipinski definition) is 3. The lowest BCUT2D eigenvalue weighted by molar-refractivity contribution is 0.0793. The first kappa shape index (κ1) is 14.6. The molecule has 3 rings (SSSR count). The molecular weight excluding hydrogens is 288 g/mol. The lowest BCUT2D eigenvalue weighted by atomic mass is 10.0. The molecule has 4 nitrogen and oxygen atoms in total. The van der Waals surface area contributed by atoms with Crippen LogP contribution in [-0.4, -0.2) is 34.2 Å². The number of aromatic amines is 1. The van der Waals surface area contributed by atoms with Crippen molar-refractivity contribution in [2.75, 3.05) is 13.1 Å². The highest BCUT2D eigenvalue weighted by Gasteiger charge is 2.19. The molecule has 0 saturated carbocycles. The van der Waals surface area contributed by atoms with E-state index in [4.69, 9.17) is 11.6 Å². The van der Waals surface area contributed by atoms with Gasteiger partial charge in [-0.3, -0.25) is 9.69 Å². The van der Waals surface area contributed by atoms with Gasteiger partial charge in [-0.05, 0) is 42.8 Å². The quantitative estimate of drug-likeness (QED) is 0.896. The second kappa shape index (κ2) is 5.79. The predicted molar refractivity (Wildman–Crippen MR) is 84.8 cm³/mol. The molecule has 0 bridgehead atoms. The summed E-state index contributed by atoms with van der Waals surface area (Å²) in [6.07, 6.45) is 1.45. The first-order chi connectivity index (χ1) is 10.0. The fraction of sp³-hybridized carbons (Fsp3) is 0.438. The third-order valence-electron chi connectivity index (χ3n) is 4.24. The van der Waals surface area contributed by atoms with Crippen LogP contribution in [0.4, 0.5) is 0 Å². The van der Waals surface area contributed by atoms with Crippen LogP contribution in [0.25, 0.3) is 10.8 Å². The number of aliphatic hydroxyl groups excluding tert-OH is 1. The van der Waals surface area contributed by atoms with E-state index >= 15 is 0 Å². The molecule has 1 aliphatic heterocycles. The van der Waals surface area contributed by atoms with Crippen molar-refractivity contribution in [2.45, 2.75) is 32.4 Å². The smallest absolute Gasteiger partial charge is 0.256 e. The third-order valence-corrected chi connectivity index (χ3v) is 4.48. The van der Waals surface area contributed by atoms with Crippen molar-refractivity contribution in [2.24, 2.45) is 0 Å². The number of halogens is 1. The first-order valence-corrected chi connectivity index (χ1v) is 7.64. The Kier molecular flexibility index (Phi) is 4.02. The van der Waals surface area contributed by atoms with Crippen molar-refractivity contribution >= 4 is 22.4 Å². The minimum Gasteiger partial charge on any atom is -0.393 e. The number of aliphatic hydroxyl groups is 1. The molecule has 2 N–H and O–H groups in total. The summed E-state index contributed by atoms with van der Waals surface area (Å²) >= 11 is 6.00. The van der Waals surface area contributed by atoms with Crippen LogP contribution < -0.4 is 5.56 Å². The standard InChI is InChI=1S/C16H19ClN2O2/c1-10-15(9-19-6-4-12(20)5-7-19)13-3-2-11(17)8-14(13)16(21)18-10/h2-3,8,12,20H,4-7,9H2,1H3,(H,18,21). The third kappa shape index (κ3) is 2.98. The van der Waals surface area contributed by atoms with Crippen molar-refractivity contribution in [1.82, 2.24) is 9.88 Å². The molecule has 1 fully saturated rings. The molecule has 1 aliphatic rings. The summed E-state index contributed by atoms with van der Waals surface area (Å²) in [5.74, 6) is 0. The SMILES string of the molecule is Cc1[nH]c(=O)c2cc(Cl)ccc2c1CN1CCC(O)CC1. The molecule has 21 heavy (non-hydrogen) atoms. The van der Waals surface area contributed by atoms with Gasteiger partial charge >= 0.3 is 0 Å². The summed E-state index contributed by atoms with van der Waals surface area (Å²) in [6.45, 7) is 4.49. The molecule has 1 aromatic heterocycles. The molecule has 1 aromatic carbocycles. The number of likely N-dealkylation sites (tertiary alicyclic amines) is 1. The summed E-state index contributed by atoms with van der Waals surface area (Å²) in [5.41, 5.74) is 1.95. The fourth-order valence-corrected chi connectivity index (χ4v) is 3.16. The van der Waals surface area contributed by atoms with E-state index in [9.17, 15) is 9.90 Å². The molecule has 0 aliphatic carbocycles. The summed E-state index contributed by atoms with van der Waals surface area (Å²) in [5, 5.41) is 11.8. The van der Waals surface area contributed by atoms with Crippen LogP contribution in [-0.2, 0) is 6.54 Å². The number of piperidine rings is 1. The second-order valence-electron chi connectivity index (χ2n) is 5.75. The van der Waals surface area contributed by atoms with Crippen molar-refractivity contribution < 1.29 is 5.11 Å². The van der Waals surface area contributed by atoms with Gasteiger partial charge in [-0.25, -0.2) is 0 Å². The molecule has 112 valence electrons. The Hall–Kier alpha value is -1.36. The Morgan fingerprint density at radius 3 is 2.76 bits per heavy atom. The van der Waals surface area contributed by atoms with Crippen LogP contribution in [0.3, 0.4) is 0 Å². The number of fused-ring (bicyclic) bond motifs is 1. The molecule has 5 heteroatoms. The van der Waals surface area contributed by atoms with E-state index in [1.165, 1.54) is 0 Å². The number of aromatic nitrogens is 1. The van der Waals surface area contributed by atoms with E-state index in [1.807, 2.05) is 19.1 Å². The largest absolute Gasteiger partial charge is 0.393 e. The van der Waals surface area contributed by atoms with Crippen molar-refractivity contribution in [3.63, 3.8) is 0 Å². The Bertz CT molecular complexity index is 718. The maximum atomic E-state index is 12.1. The predicted octanol–water partition coefficient (Wildman–Crippen LogP) is 2.45. The number of pyridine rings is 1. The topological polar surface area (TPSA) is 56.3 Å². The van der Waals surface area contributed by atoms with E-state index in [-0.39, 0.29) is 11.7 Å². The highest BCUT2D eigenvalue weighted by atomic mass is 35.5. The number of hydrogen-bond donors (Lipinski definition) is 2. The van der Waals surface area contributed by atoms with Crippen molar-refractivity contribution in [3.05, 3.63) is 44.8 Å². The van der Waals surface area contributed by atoms with Gasteiger partial charge in [0.1, 0.15) is 0 Å². The van der Waals surface area contributed by atoms with Crippen LogP contribution in [0.15, 0.2) is 23.0 Å². The zero-order valence-electron chi connectivity index (χ0n) is 12.0. The molecule has 0 radical (unpaired) electrons. The first-order valence-electron chi connectivity index (χ1n) is 7.26. The van der Waals surface area contributed by atoms with Gasteiger partial charge < -0.3 is 10.1 Å². The number of rotatable bonds is 2. The summed E-state index contributed by atoms with van der Waals surface area (Å²) in [4.78, 5) is 17.3. The normalized spacial score (nSPS) is 17.5. The minimum absolute atomic E-state index is 0.0946. The van der Waals surface area contributed by atoms with Crippen LogP contribution >= 0.6 is 11.6 Å². The number of nitrogens with one attached hydrogen (secondary N) is 1.